The standard InChI is InChI=1S/C10H11N3O4S/c14-2-4-6(15)7(16)8(17-4)10-13-9-5(18-10)1-11-3-12-9/h1,3-4,6-8,14-16H,2H2/t4-,6-,7-,8-/m1/s1. The molecule has 7 nitrogen and oxygen atoms in total. The zero-order valence-electron chi connectivity index (χ0n) is 9.17. The molecule has 0 radical (unpaired) electrons. The van der Waals surface area contributed by atoms with E-state index < -0.39 is 24.4 Å². The Morgan fingerprint density at radius 1 is 1.33 bits per heavy atom. The van der Waals surface area contributed by atoms with Crippen LogP contribution in [0.5, 0.6) is 0 Å². The van der Waals surface area contributed by atoms with Crippen LogP contribution in [0.4, 0.5) is 0 Å². The van der Waals surface area contributed by atoms with Gasteiger partial charge in [0, 0.05) is 6.20 Å². The highest BCUT2D eigenvalue weighted by molar-refractivity contribution is 7.18. The van der Waals surface area contributed by atoms with Gasteiger partial charge in [0.25, 0.3) is 0 Å². The zero-order chi connectivity index (χ0) is 12.7. The lowest BCUT2D eigenvalue weighted by Gasteiger charge is -2.11. The van der Waals surface area contributed by atoms with E-state index in [0.29, 0.717) is 10.7 Å². The molecule has 3 N–H and O–H groups in total. The molecule has 0 unspecified atom stereocenters. The first-order valence-electron chi connectivity index (χ1n) is 5.39. The minimum Gasteiger partial charge on any atom is -0.394 e. The Hall–Kier alpha value is -1.19. The number of hydrogen-bond acceptors (Lipinski definition) is 8. The number of aliphatic hydroxyl groups is 3. The molecule has 1 saturated heterocycles. The molecule has 0 spiro atoms. The molecule has 0 aliphatic carbocycles. The van der Waals surface area contributed by atoms with Crippen LogP contribution in [0.1, 0.15) is 11.1 Å². The fraction of sp³-hybridized carbons (Fsp3) is 0.500. The molecular formula is C10H11N3O4S. The second-order valence-electron chi connectivity index (χ2n) is 4.02. The number of fused-ring (bicyclic) bond motifs is 1. The third kappa shape index (κ3) is 1.78. The van der Waals surface area contributed by atoms with Crippen molar-refractivity contribution in [2.24, 2.45) is 0 Å². The molecule has 3 rings (SSSR count). The Kier molecular flexibility index (Phi) is 2.96. The Balaban J connectivity index is 1.95. The average Bonchev–Trinajstić information content (AvgIpc) is 2.92. The first-order chi connectivity index (χ1) is 8.70. The molecule has 3 heterocycles. The molecular weight excluding hydrogens is 258 g/mol. The predicted molar refractivity (Wildman–Crippen MR) is 61.9 cm³/mol. The number of ether oxygens (including phenoxy) is 1. The molecule has 18 heavy (non-hydrogen) atoms. The first-order valence-corrected chi connectivity index (χ1v) is 6.21. The van der Waals surface area contributed by atoms with Crippen molar-refractivity contribution >= 4 is 21.7 Å². The molecule has 0 amide bonds. The SMILES string of the molecule is OC[C@H]1O[C@@H](c2nc3ncncc3s2)[C@H](O)[C@@H]1O. The zero-order valence-corrected chi connectivity index (χ0v) is 9.99. The Morgan fingerprint density at radius 3 is 2.83 bits per heavy atom. The van der Waals surface area contributed by atoms with Crippen molar-refractivity contribution in [2.45, 2.75) is 24.4 Å². The quantitative estimate of drug-likeness (QED) is 0.657. The van der Waals surface area contributed by atoms with Crippen LogP contribution < -0.4 is 0 Å². The summed E-state index contributed by atoms with van der Waals surface area (Å²) >= 11 is 1.30. The second-order valence-corrected chi connectivity index (χ2v) is 5.08. The van der Waals surface area contributed by atoms with E-state index in [4.69, 9.17) is 9.84 Å². The van der Waals surface area contributed by atoms with Crippen LogP contribution in [0.25, 0.3) is 10.3 Å². The van der Waals surface area contributed by atoms with Gasteiger partial charge in [-0.25, -0.2) is 15.0 Å². The minimum absolute atomic E-state index is 0.348. The normalized spacial score (nSPS) is 32.2. The Bertz CT molecular complexity index is 530. The summed E-state index contributed by atoms with van der Waals surface area (Å²) in [6.07, 6.45) is -0.721. The van der Waals surface area contributed by atoms with E-state index in [0.717, 1.165) is 4.70 Å². The lowest BCUT2D eigenvalue weighted by Crippen LogP contribution is -2.32. The average molecular weight is 269 g/mol. The highest BCUT2D eigenvalue weighted by Crippen LogP contribution is 2.36. The summed E-state index contributed by atoms with van der Waals surface area (Å²) in [4.78, 5) is 12.1. The van der Waals surface area contributed by atoms with Crippen molar-refractivity contribution in [1.29, 1.82) is 0 Å². The maximum absolute atomic E-state index is 9.88. The lowest BCUT2D eigenvalue weighted by atomic mass is 10.1. The molecule has 0 bridgehead atoms. The summed E-state index contributed by atoms with van der Waals surface area (Å²) in [5.74, 6) is 0. The van der Waals surface area contributed by atoms with Gasteiger partial charge in [-0.3, -0.25) is 0 Å². The number of aromatic nitrogens is 3. The van der Waals surface area contributed by atoms with Crippen LogP contribution in [0, 0.1) is 0 Å². The molecule has 1 aliphatic heterocycles. The summed E-state index contributed by atoms with van der Waals surface area (Å²) < 4.78 is 6.18. The van der Waals surface area contributed by atoms with Gasteiger partial charge in [-0.05, 0) is 0 Å². The molecule has 1 fully saturated rings. The van der Waals surface area contributed by atoms with Gasteiger partial charge < -0.3 is 20.1 Å². The molecule has 2 aromatic heterocycles. The van der Waals surface area contributed by atoms with E-state index in [-0.39, 0.29) is 6.61 Å². The fourth-order valence-corrected chi connectivity index (χ4v) is 2.90. The predicted octanol–water partition coefficient (Wildman–Crippen LogP) is -0.760. The topological polar surface area (TPSA) is 109 Å². The Morgan fingerprint density at radius 2 is 2.17 bits per heavy atom. The fourth-order valence-electron chi connectivity index (χ4n) is 1.93. The molecule has 96 valence electrons. The van der Waals surface area contributed by atoms with E-state index in [1.165, 1.54) is 17.7 Å². The highest BCUT2D eigenvalue weighted by Gasteiger charge is 2.44. The number of hydrogen-bond donors (Lipinski definition) is 3. The third-order valence-corrected chi connectivity index (χ3v) is 3.92. The summed E-state index contributed by atoms with van der Waals surface area (Å²) in [7, 11) is 0. The molecule has 1 aliphatic rings. The largest absolute Gasteiger partial charge is 0.394 e. The van der Waals surface area contributed by atoms with Crippen LogP contribution in [0.15, 0.2) is 12.5 Å². The number of rotatable bonds is 2. The maximum atomic E-state index is 9.88. The van der Waals surface area contributed by atoms with E-state index in [1.54, 1.807) is 6.20 Å². The van der Waals surface area contributed by atoms with E-state index >= 15 is 0 Å². The summed E-state index contributed by atoms with van der Waals surface area (Å²) in [6, 6.07) is 0. The number of aliphatic hydroxyl groups excluding tert-OH is 3. The first kappa shape index (κ1) is 11.9. The van der Waals surface area contributed by atoms with Gasteiger partial charge in [-0.15, -0.1) is 11.3 Å². The van der Waals surface area contributed by atoms with Crippen molar-refractivity contribution in [3.8, 4) is 0 Å². The van der Waals surface area contributed by atoms with E-state index in [9.17, 15) is 10.2 Å². The van der Waals surface area contributed by atoms with Gasteiger partial charge in [0.15, 0.2) is 5.65 Å². The molecule has 2 aromatic rings. The van der Waals surface area contributed by atoms with Crippen LogP contribution >= 0.6 is 11.3 Å². The van der Waals surface area contributed by atoms with Crippen molar-refractivity contribution in [1.82, 2.24) is 15.0 Å². The lowest BCUT2D eigenvalue weighted by molar-refractivity contribution is -0.0227. The van der Waals surface area contributed by atoms with Gasteiger partial charge in [-0.1, -0.05) is 0 Å². The van der Waals surface area contributed by atoms with Gasteiger partial charge >= 0.3 is 0 Å². The number of thiazole rings is 1. The Labute approximate surface area is 106 Å². The van der Waals surface area contributed by atoms with E-state index in [1.807, 2.05) is 0 Å². The van der Waals surface area contributed by atoms with Gasteiger partial charge in [0.2, 0.25) is 0 Å². The second kappa shape index (κ2) is 4.48. The molecule has 4 atom stereocenters. The van der Waals surface area contributed by atoms with Crippen molar-refractivity contribution < 1.29 is 20.1 Å². The summed E-state index contributed by atoms with van der Waals surface area (Å²) in [5, 5.41) is 29.1. The van der Waals surface area contributed by atoms with Gasteiger partial charge in [0.05, 0.1) is 11.3 Å². The van der Waals surface area contributed by atoms with Crippen LogP contribution in [0.3, 0.4) is 0 Å². The van der Waals surface area contributed by atoms with Crippen LogP contribution in [-0.4, -0.2) is 55.2 Å². The van der Waals surface area contributed by atoms with E-state index in [2.05, 4.69) is 15.0 Å². The maximum Gasteiger partial charge on any atom is 0.173 e. The van der Waals surface area contributed by atoms with Crippen molar-refractivity contribution in [2.75, 3.05) is 6.61 Å². The van der Waals surface area contributed by atoms with Crippen molar-refractivity contribution in [3.63, 3.8) is 0 Å². The third-order valence-electron chi connectivity index (χ3n) is 2.88. The molecule has 0 aromatic carbocycles. The van der Waals surface area contributed by atoms with Gasteiger partial charge in [0.1, 0.15) is 35.8 Å². The van der Waals surface area contributed by atoms with Crippen LogP contribution in [-0.2, 0) is 4.74 Å². The smallest absolute Gasteiger partial charge is 0.173 e. The summed E-state index contributed by atoms with van der Waals surface area (Å²) in [5.41, 5.74) is 0.530. The monoisotopic (exact) mass is 269 g/mol. The minimum atomic E-state index is -1.11. The molecule has 0 saturated carbocycles. The summed E-state index contributed by atoms with van der Waals surface area (Å²) in [6.45, 7) is -0.348. The number of nitrogens with zero attached hydrogens (tertiary/aromatic N) is 3. The molecule has 8 heteroatoms. The van der Waals surface area contributed by atoms with Gasteiger partial charge in [-0.2, -0.15) is 0 Å². The highest BCUT2D eigenvalue weighted by atomic mass is 32.1. The van der Waals surface area contributed by atoms with Crippen molar-refractivity contribution in [3.05, 3.63) is 17.5 Å². The van der Waals surface area contributed by atoms with Crippen LogP contribution in [0.2, 0.25) is 0 Å².